The van der Waals surface area contributed by atoms with E-state index in [1.165, 1.54) is 31.2 Å². The topological polar surface area (TPSA) is 50.9 Å². The molecule has 0 aliphatic heterocycles. The second-order valence-corrected chi connectivity index (χ2v) is 5.06. The average molecular weight is 233 g/mol. The van der Waals surface area contributed by atoms with Crippen LogP contribution in [0.1, 0.15) is 44.2 Å². The number of pyridine rings is 1. The Morgan fingerprint density at radius 3 is 3.00 bits per heavy atom. The van der Waals surface area contributed by atoms with Crippen molar-refractivity contribution in [3.63, 3.8) is 0 Å². The number of nitrogens with zero attached hydrogens (tertiary/aromatic N) is 1. The molecule has 0 radical (unpaired) electrons. The lowest BCUT2D eigenvalue weighted by Gasteiger charge is -2.33. The summed E-state index contributed by atoms with van der Waals surface area (Å²) in [5.41, 5.74) is 7.11. The molecular weight excluding hydrogens is 210 g/mol. The number of hydrogen-bond donors (Lipinski definition) is 2. The zero-order valence-electron chi connectivity index (χ0n) is 10.6. The average Bonchev–Trinajstić information content (AvgIpc) is 2.40. The van der Waals surface area contributed by atoms with Gasteiger partial charge < -0.3 is 11.1 Å². The van der Waals surface area contributed by atoms with Gasteiger partial charge in [0, 0.05) is 24.5 Å². The highest BCUT2D eigenvalue weighted by Gasteiger charge is 2.25. The first-order chi connectivity index (χ1) is 8.31. The molecule has 1 fully saturated rings. The van der Waals surface area contributed by atoms with Crippen LogP contribution in [0.4, 0.5) is 0 Å². The van der Waals surface area contributed by atoms with Crippen molar-refractivity contribution in [2.45, 2.75) is 44.7 Å². The molecule has 0 bridgehead atoms. The molecule has 1 aromatic rings. The normalized spacial score (nSPS) is 26.7. The van der Waals surface area contributed by atoms with Crippen LogP contribution in [-0.2, 0) is 0 Å². The molecule has 1 heterocycles. The molecule has 3 heteroatoms. The van der Waals surface area contributed by atoms with E-state index in [9.17, 15) is 0 Å². The van der Waals surface area contributed by atoms with Gasteiger partial charge >= 0.3 is 0 Å². The van der Waals surface area contributed by atoms with Gasteiger partial charge in [0.1, 0.15) is 0 Å². The van der Waals surface area contributed by atoms with E-state index in [1.54, 1.807) is 0 Å². The Morgan fingerprint density at radius 1 is 1.47 bits per heavy atom. The summed E-state index contributed by atoms with van der Waals surface area (Å²) < 4.78 is 0. The molecule has 0 amide bonds. The number of aromatic nitrogens is 1. The molecule has 1 aromatic heterocycles. The standard InChI is InChI=1S/C14H23N3/c1-11(13-6-4-8-16-10-13)17-14-7-3-2-5-12(14)9-15/h4,6,8,10-12,14,17H,2-3,5,7,9,15H2,1H3. The fourth-order valence-electron chi connectivity index (χ4n) is 2.76. The smallest absolute Gasteiger partial charge is 0.0315 e. The molecule has 17 heavy (non-hydrogen) atoms. The summed E-state index contributed by atoms with van der Waals surface area (Å²) in [5, 5.41) is 3.72. The van der Waals surface area contributed by atoms with Crippen LogP contribution < -0.4 is 11.1 Å². The van der Waals surface area contributed by atoms with Crippen LogP contribution in [-0.4, -0.2) is 17.6 Å². The van der Waals surface area contributed by atoms with E-state index >= 15 is 0 Å². The summed E-state index contributed by atoms with van der Waals surface area (Å²) in [6.07, 6.45) is 8.95. The van der Waals surface area contributed by atoms with Crippen molar-refractivity contribution in [3.8, 4) is 0 Å². The molecule has 3 atom stereocenters. The van der Waals surface area contributed by atoms with Gasteiger partial charge in [-0.1, -0.05) is 18.9 Å². The third-order valence-electron chi connectivity index (χ3n) is 3.86. The first-order valence-corrected chi connectivity index (χ1v) is 6.67. The van der Waals surface area contributed by atoms with Crippen molar-refractivity contribution in [2.24, 2.45) is 11.7 Å². The van der Waals surface area contributed by atoms with Crippen molar-refractivity contribution < 1.29 is 0 Å². The second kappa shape index (κ2) is 6.12. The van der Waals surface area contributed by atoms with Gasteiger partial charge in [0.2, 0.25) is 0 Å². The zero-order chi connectivity index (χ0) is 12.1. The quantitative estimate of drug-likeness (QED) is 0.838. The Labute approximate surface area is 104 Å². The monoisotopic (exact) mass is 233 g/mol. The Morgan fingerprint density at radius 2 is 2.29 bits per heavy atom. The van der Waals surface area contributed by atoms with E-state index in [2.05, 4.69) is 23.3 Å². The lowest BCUT2D eigenvalue weighted by molar-refractivity contribution is 0.252. The van der Waals surface area contributed by atoms with Crippen LogP contribution in [0.3, 0.4) is 0 Å². The first kappa shape index (κ1) is 12.5. The van der Waals surface area contributed by atoms with Gasteiger partial charge in [-0.15, -0.1) is 0 Å². The highest BCUT2D eigenvalue weighted by atomic mass is 15.0. The molecule has 3 N–H and O–H groups in total. The van der Waals surface area contributed by atoms with Gasteiger partial charge in [-0.2, -0.15) is 0 Å². The summed E-state index contributed by atoms with van der Waals surface area (Å²) >= 11 is 0. The van der Waals surface area contributed by atoms with Gasteiger partial charge in [0.05, 0.1) is 0 Å². The molecule has 0 saturated heterocycles. The molecule has 3 nitrogen and oxygen atoms in total. The number of rotatable bonds is 4. The Kier molecular flexibility index (Phi) is 4.51. The molecule has 0 spiro atoms. The molecule has 1 aliphatic carbocycles. The molecule has 1 saturated carbocycles. The minimum absolute atomic E-state index is 0.362. The van der Waals surface area contributed by atoms with Gasteiger partial charge in [-0.25, -0.2) is 0 Å². The van der Waals surface area contributed by atoms with Gasteiger partial charge in [0.15, 0.2) is 0 Å². The molecular formula is C14H23N3. The maximum atomic E-state index is 5.86. The minimum atomic E-state index is 0.362. The fourth-order valence-corrected chi connectivity index (χ4v) is 2.76. The summed E-state index contributed by atoms with van der Waals surface area (Å²) in [5.74, 6) is 0.642. The van der Waals surface area contributed by atoms with Crippen molar-refractivity contribution in [2.75, 3.05) is 6.54 Å². The van der Waals surface area contributed by atoms with Crippen LogP contribution in [0.15, 0.2) is 24.5 Å². The SMILES string of the molecule is CC(NC1CCCCC1CN)c1cccnc1. The third kappa shape index (κ3) is 3.27. The second-order valence-electron chi connectivity index (χ2n) is 5.06. The van der Waals surface area contributed by atoms with E-state index in [4.69, 9.17) is 5.73 Å². The Bertz CT molecular complexity index is 325. The third-order valence-corrected chi connectivity index (χ3v) is 3.86. The van der Waals surface area contributed by atoms with Crippen molar-refractivity contribution in [1.29, 1.82) is 0 Å². The largest absolute Gasteiger partial charge is 0.330 e. The van der Waals surface area contributed by atoms with Crippen molar-refractivity contribution in [3.05, 3.63) is 30.1 Å². The fraction of sp³-hybridized carbons (Fsp3) is 0.643. The molecule has 2 rings (SSSR count). The van der Waals surface area contributed by atoms with Gasteiger partial charge in [-0.3, -0.25) is 4.98 Å². The summed E-state index contributed by atoms with van der Waals surface area (Å²) in [4.78, 5) is 4.17. The minimum Gasteiger partial charge on any atom is -0.330 e. The van der Waals surface area contributed by atoms with E-state index in [0.29, 0.717) is 18.0 Å². The maximum absolute atomic E-state index is 5.86. The number of nitrogens with two attached hydrogens (primary N) is 1. The lowest BCUT2D eigenvalue weighted by Crippen LogP contribution is -2.42. The maximum Gasteiger partial charge on any atom is 0.0315 e. The highest BCUT2D eigenvalue weighted by molar-refractivity contribution is 5.13. The molecule has 0 aromatic carbocycles. The Balaban J connectivity index is 1.95. The van der Waals surface area contributed by atoms with Crippen LogP contribution in [0.5, 0.6) is 0 Å². The van der Waals surface area contributed by atoms with E-state index < -0.39 is 0 Å². The first-order valence-electron chi connectivity index (χ1n) is 6.67. The van der Waals surface area contributed by atoms with E-state index in [1.807, 2.05) is 18.5 Å². The van der Waals surface area contributed by atoms with Crippen LogP contribution in [0, 0.1) is 5.92 Å². The van der Waals surface area contributed by atoms with Crippen molar-refractivity contribution in [1.82, 2.24) is 10.3 Å². The molecule has 1 aliphatic rings. The summed E-state index contributed by atoms with van der Waals surface area (Å²) in [6, 6.07) is 5.06. The van der Waals surface area contributed by atoms with E-state index in [0.717, 1.165) is 6.54 Å². The zero-order valence-corrected chi connectivity index (χ0v) is 10.6. The predicted octanol–water partition coefficient (Wildman–Crippen LogP) is 2.25. The summed E-state index contributed by atoms with van der Waals surface area (Å²) in [6.45, 7) is 3.01. The van der Waals surface area contributed by atoms with E-state index in [-0.39, 0.29) is 0 Å². The van der Waals surface area contributed by atoms with Crippen LogP contribution >= 0.6 is 0 Å². The van der Waals surface area contributed by atoms with Gasteiger partial charge in [-0.05, 0) is 43.9 Å². The Hall–Kier alpha value is -0.930. The number of hydrogen-bond acceptors (Lipinski definition) is 3. The molecule has 3 unspecified atom stereocenters. The highest BCUT2D eigenvalue weighted by Crippen LogP contribution is 2.25. The van der Waals surface area contributed by atoms with Gasteiger partial charge in [0.25, 0.3) is 0 Å². The molecule has 94 valence electrons. The predicted molar refractivity (Wildman–Crippen MR) is 70.6 cm³/mol. The van der Waals surface area contributed by atoms with Crippen molar-refractivity contribution >= 4 is 0 Å². The van der Waals surface area contributed by atoms with Crippen LogP contribution in [0.25, 0.3) is 0 Å². The summed E-state index contributed by atoms with van der Waals surface area (Å²) in [7, 11) is 0. The lowest BCUT2D eigenvalue weighted by atomic mass is 9.84. The number of nitrogens with one attached hydrogen (secondary N) is 1. The van der Waals surface area contributed by atoms with Crippen LogP contribution in [0.2, 0.25) is 0 Å².